The minimum Gasteiger partial charge on any atom is -0.482 e. The zero-order valence-electron chi connectivity index (χ0n) is 16.9. The van der Waals surface area contributed by atoms with Gasteiger partial charge < -0.3 is 24.3 Å². The quantitative estimate of drug-likeness (QED) is 0.697. The van der Waals surface area contributed by atoms with Crippen molar-refractivity contribution in [1.82, 2.24) is 0 Å². The third-order valence-electron chi connectivity index (χ3n) is 5.24. The van der Waals surface area contributed by atoms with Gasteiger partial charge in [-0.1, -0.05) is 19.1 Å². The number of hydrogen-bond acceptors (Lipinski definition) is 6. The fourth-order valence-corrected chi connectivity index (χ4v) is 3.64. The molecule has 0 unspecified atom stereocenters. The average Bonchev–Trinajstić information content (AvgIpc) is 3.36. The van der Waals surface area contributed by atoms with Crippen molar-refractivity contribution in [1.29, 1.82) is 0 Å². The van der Waals surface area contributed by atoms with Gasteiger partial charge in [0.15, 0.2) is 24.7 Å². The van der Waals surface area contributed by atoms with Gasteiger partial charge >= 0.3 is 5.97 Å². The fraction of sp³-hybridized carbons (Fsp3) is 0.391. The van der Waals surface area contributed by atoms with Crippen LogP contribution in [0.4, 0.5) is 5.69 Å². The molecule has 7 nitrogen and oxygen atoms in total. The zero-order chi connectivity index (χ0) is 21.0. The first-order chi connectivity index (χ1) is 14.5. The largest absolute Gasteiger partial charge is 0.482 e. The van der Waals surface area contributed by atoms with Crippen LogP contribution in [0.2, 0.25) is 0 Å². The number of hydrogen-bond donors (Lipinski definition) is 1. The highest BCUT2D eigenvalue weighted by molar-refractivity contribution is 5.93. The lowest BCUT2D eigenvalue weighted by Gasteiger charge is -2.21. The third kappa shape index (κ3) is 4.67. The monoisotopic (exact) mass is 411 g/mol. The Morgan fingerprint density at radius 3 is 2.47 bits per heavy atom. The first-order valence-corrected chi connectivity index (χ1v) is 10.2. The van der Waals surface area contributed by atoms with E-state index < -0.39 is 24.3 Å². The standard InChI is InChI=1S/C23H25NO6/c1-2-16-5-8-18(9-6-16)27-15-22(26)28-14-21(25)24-17-7-10-19-20(13-17)30-23(29-19)11-3-4-12-23/h5-10,13H,2-4,11-12,14-15H2,1H3,(H,24,25). The van der Waals surface area contributed by atoms with E-state index in [1.165, 1.54) is 5.56 Å². The maximum absolute atomic E-state index is 12.1. The summed E-state index contributed by atoms with van der Waals surface area (Å²) in [6, 6.07) is 12.7. The van der Waals surface area contributed by atoms with E-state index in [2.05, 4.69) is 12.2 Å². The van der Waals surface area contributed by atoms with Crippen molar-refractivity contribution < 1.29 is 28.5 Å². The van der Waals surface area contributed by atoms with Crippen LogP contribution in [-0.2, 0) is 20.7 Å². The predicted molar refractivity (Wildman–Crippen MR) is 110 cm³/mol. The lowest BCUT2D eigenvalue weighted by Crippen LogP contribution is -2.34. The maximum Gasteiger partial charge on any atom is 0.344 e. The van der Waals surface area contributed by atoms with Gasteiger partial charge in [-0.05, 0) is 49.1 Å². The highest BCUT2D eigenvalue weighted by atomic mass is 16.7. The second-order valence-electron chi connectivity index (χ2n) is 7.48. The molecule has 1 heterocycles. The highest BCUT2D eigenvalue weighted by Gasteiger charge is 2.44. The topological polar surface area (TPSA) is 83.1 Å². The van der Waals surface area contributed by atoms with E-state index in [1.807, 2.05) is 12.1 Å². The number of benzene rings is 2. The SMILES string of the molecule is CCc1ccc(OCC(=O)OCC(=O)Nc2ccc3c(c2)OC2(CCCC2)O3)cc1. The van der Waals surface area contributed by atoms with E-state index in [4.69, 9.17) is 18.9 Å². The summed E-state index contributed by atoms with van der Waals surface area (Å²) < 4.78 is 22.3. The summed E-state index contributed by atoms with van der Waals surface area (Å²) in [5.41, 5.74) is 1.74. The van der Waals surface area contributed by atoms with E-state index in [9.17, 15) is 9.59 Å². The molecule has 2 aliphatic rings. The normalized spacial score (nSPS) is 15.8. The van der Waals surface area contributed by atoms with Crippen LogP contribution in [0.5, 0.6) is 17.2 Å². The Morgan fingerprint density at radius 1 is 1.00 bits per heavy atom. The van der Waals surface area contributed by atoms with Crippen LogP contribution >= 0.6 is 0 Å². The van der Waals surface area contributed by atoms with Gasteiger partial charge in [0.2, 0.25) is 0 Å². The zero-order valence-corrected chi connectivity index (χ0v) is 16.9. The van der Waals surface area contributed by atoms with Crippen molar-refractivity contribution >= 4 is 17.6 Å². The Kier molecular flexibility index (Phi) is 5.79. The number of fused-ring (bicyclic) bond motifs is 1. The van der Waals surface area contributed by atoms with E-state index in [0.717, 1.165) is 32.1 Å². The summed E-state index contributed by atoms with van der Waals surface area (Å²) in [7, 11) is 0. The number of anilines is 1. The molecule has 2 aromatic carbocycles. The Labute approximate surface area is 175 Å². The average molecular weight is 411 g/mol. The number of aryl methyl sites for hydroxylation is 1. The molecule has 0 atom stereocenters. The lowest BCUT2D eigenvalue weighted by atomic mass is 10.2. The van der Waals surface area contributed by atoms with Gasteiger partial charge in [-0.15, -0.1) is 0 Å². The molecule has 0 aromatic heterocycles. The van der Waals surface area contributed by atoms with Crippen LogP contribution in [0.3, 0.4) is 0 Å². The second kappa shape index (κ2) is 8.65. The van der Waals surface area contributed by atoms with E-state index in [1.54, 1.807) is 30.3 Å². The Balaban J connectivity index is 1.22. The van der Waals surface area contributed by atoms with Crippen molar-refractivity contribution in [2.45, 2.75) is 44.8 Å². The van der Waals surface area contributed by atoms with Crippen LogP contribution in [-0.4, -0.2) is 30.9 Å². The number of amides is 1. The van der Waals surface area contributed by atoms with Crippen LogP contribution in [0.25, 0.3) is 0 Å². The van der Waals surface area contributed by atoms with Crippen molar-refractivity contribution in [3.05, 3.63) is 48.0 Å². The smallest absolute Gasteiger partial charge is 0.344 e. The molecule has 1 fully saturated rings. The molecule has 1 saturated carbocycles. The number of rotatable bonds is 7. The summed E-state index contributed by atoms with van der Waals surface area (Å²) >= 11 is 0. The van der Waals surface area contributed by atoms with Crippen LogP contribution in [0, 0.1) is 0 Å². The third-order valence-corrected chi connectivity index (χ3v) is 5.24. The molecule has 1 spiro atoms. The van der Waals surface area contributed by atoms with Gasteiger partial charge in [-0.3, -0.25) is 4.79 Å². The second-order valence-corrected chi connectivity index (χ2v) is 7.48. The summed E-state index contributed by atoms with van der Waals surface area (Å²) in [4.78, 5) is 23.9. The van der Waals surface area contributed by atoms with Gasteiger partial charge in [0.05, 0.1) is 0 Å². The molecule has 1 amide bonds. The van der Waals surface area contributed by atoms with E-state index >= 15 is 0 Å². The number of carbonyl (C=O) groups is 2. The molecule has 0 radical (unpaired) electrons. The summed E-state index contributed by atoms with van der Waals surface area (Å²) in [6.45, 7) is 1.41. The van der Waals surface area contributed by atoms with Gasteiger partial charge in [-0.25, -0.2) is 4.79 Å². The number of carbonyl (C=O) groups excluding carboxylic acids is 2. The van der Waals surface area contributed by atoms with Crippen LogP contribution < -0.4 is 19.5 Å². The van der Waals surface area contributed by atoms with Gasteiger partial charge in [-0.2, -0.15) is 0 Å². The Bertz CT molecular complexity index is 918. The molecule has 1 N–H and O–H groups in total. The van der Waals surface area contributed by atoms with Crippen molar-refractivity contribution in [2.24, 2.45) is 0 Å². The maximum atomic E-state index is 12.1. The van der Waals surface area contributed by atoms with Gasteiger partial charge in [0.1, 0.15) is 5.75 Å². The molecule has 4 rings (SSSR count). The van der Waals surface area contributed by atoms with Gasteiger partial charge in [0.25, 0.3) is 11.7 Å². The molecular formula is C23H25NO6. The Morgan fingerprint density at radius 2 is 1.73 bits per heavy atom. The van der Waals surface area contributed by atoms with Crippen LogP contribution in [0.1, 0.15) is 38.2 Å². The molecule has 7 heteroatoms. The summed E-state index contributed by atoms with van der Waals surface area (Å²) in [6.07, 6.45) is 4.82. The van der Waals surface area contributed by atoms with Crippen molar-refractivity contribution in [3.63, 3.8) is 0 Å². The molecule has 30 heavy (non-hydrogen) atoms. The molecule has 158 valence electrons. The molecular weight excluding hydrogens is 386 g/mol. The molecule has 0 bridgehead atoms. The minimum atomic E-state index is -0.612. The summed E-state index contributed by atoms with van der Waals surface area (Å²) in [5.74, 6) is 0.287. The van der Waals surface area contributed by atoms with Crippen molar-refractivity contribution in [2.75, 3.05) is 18.5 Å². The van der Waals surface area contributed by atoms with Gasteiger partial charge in [0, 0.05) is 24.6 Å². The molecule has 2 aromatic rings. The lowest BCUT2D eigenvalue weighted by molar-refractivity contribution is -0.149. The summed E-state index contributed by atoms with van der Waals surface area (Å²) in [5, 5.41) is 2.70. The number of ether oxygens (including phenoxy) is 4. The number of esters is 1. The molecule has 0 saturated heterocycles. The van der Waals surface area contributed by atoms with E-state index in [-0.39, 0.29) is 6.61 Å². The number of nitrogens with one attached hydrogen (secondary N) is 1. The fourth-order valence-electron chi connectivity index (χ4n) is 3.64. The Hall–Kier alpha value is -3.22. The molecule has 1 aliphatic heterocycles. The first-order valence-electron chi connectivity index (χ1n) is 10.2. The van der Waals surface area contributed by atoms with E-state index in [0.29, 0.717) is 22.9 Å². The molecule has 1 aliphatic carbocycles. The minimum absolute atomic E-state index is 0.259. The predicted octanol–water partition coefficient (Wildman–Crippen LogP) is 3.85. The van der Waals surface area contributed by atoms with Crippen molar-refractivity contribution in [3.8, 4) is 17.2 Å². The van der Waals surface area contributed by atoms with Crippen LogP contribution in [0.15, 0.2) is 42.5 Å². The highest BCUT2D eigenvalue weighted by Crippen LogP contribution is 2.47. The first kappa shape index (κ1) is 20.1.